The van der Waals surface area contributed by atoms with Crippen LogP contribution >= 0.6 is 0 Å². The molecule has 1 aromatic rings. The van der Waals surface area contributed by atoms with Crippen molar-refractivity contribution >= 4 is 0 Å². The van der Waals surface area contributed by atoms with Crippen molar-refractivity contribution in [1.29, 1.82) is 0 Å². The standard InChI is InChI=1S/C16H28N2O/c1-13(2)18-10-9-15(17-18)12-16(19)11-14-7-5-3-4-6-8-14/h9-10,13-14,16,19H,3-8,11-12H2,1-2H3. The zero-order chi connectivity index (χ0) is 13.7. The van der Waals surface area contributed by atoms with Gasteiger partial charge in [-0.1, -0.05) is 38.5 Å². The molecular weight excluding hydrogens is 236 g/mol. The average molecular weight is 264 g/mol. The largest absolute Gasteiger partial charge is 0.393 e. The SMILES string of the molecule is CC(C)n1ccc(CC(O)CC2CCCCCC2)n1. The third kappa shape index (κ3) is 4.64. The summed E-state index contributed by atoms with van der Waals surface area (Å²) in [6.45, 7) is 4.25. The van der Waals surface area contributed by atoms with Crippen LogP contribution in [0.25, 0.3) is 0 Å². The van der Waals surface area contributed by atoms with Gasteiger partial charge in [0.15, 0.2) is 0 Å². The van der Waals surface area contributed by atoms with E-state index < -0.39 is 0 Å². The van der Waals surface area contributed by atoms with Crippen LogP contribution in [0.2, 0.25) is 0 Å². The predicted octanol–water partition coefficient (Wildman–Crippen LogP) is 3.73. The number of hydrogen-bond acceptors (Lipinski definition) is 2. The van der Waals surface area contributed by atoms with Gasteiger partial charge in [-0.05, 0) is 32.3 Å². The van der Waals surface area contributed by atoms with Gasteiger partial charge in [-0.25, -0.2) is 0 Å². The van der Waals surface area contributed by atoms with Gasteiger partial charge in [0.2, 0.25) is 0 Å². The summed E-state index contributed by atoms with van der Waals surface area (Å²) in [5, 5.41) is 14.8. The highest BCUT2D eigenvalue weighted by Crippen LogP contribution is 2.27. The summed E-state index contributed by atoms with van der Waals surface area (Å²) in [7, 11) is 0. The van der Waals surface area contributed by atoms with Crippen molar-refractivity contribution in [3.8, 4) is 0 Å². The second kappa shape index (κ2) is 7.09. The van der Waals surface area contributed by atoms with E-state index in [1.807, 2.05) is 16.9 Å². The molecule has 1 saturated carbocycles. The number of nitrogens with zero attached hydrogens (tertiary/aromatic N) is 2. The first-order chi connectivity index (χ1) is 9.15. The number of aliphatic hydroxyl groups is 1. The Morgan fingerprint density at radius 2 is 1.95 bits per heavy atom. The number of rotatable bonds is 5. The summed E-state index contributed by atoms with van der Waals surface area (Å²) in [5.41, 5.74) is 1.02. The van der Waals surface area contributed by atoms with Crippen molar-refractivity contribution in [2.24, 2.45) is 5.92 Å². The predicted molar refractivity (Wildman–Crippen MR) is 78.1 cm³/mol. The van der Waals surface area contributed by atoms with E-state index >= 15 is 0 Å². The monoisotopic (exact) mass is 264 g/mol. The summed E-state index contributed by atoms with van der Waals surface area (Å²) >= 11 is 0. The Kier molecular flexibility index (Phi) is 5.44. The molecule has 1 unspecified atom stereocenters. The second-order valence-electron chi connectivity index (χ2n) is 6.33. The smallest absolute Gasteiger partial charge is 0.0650 e. The highest BCUT2D eigenvalue weighted by Gasteiger charge is 2.17. The number of aromatic nitrogens is 2. The number of aliphatic hydroxyl groups excluding tert-OH is 1. The van der Waals surface area contributed by atoms with Crippen LogP contribution < -0.4 is 0 Å². The number of hydrogen-bond donors (Lipinski definition) is 1. The van der Waals surface area contributed by atoms with E-state index in [2.05, 4.69) is 18.9 Å². The Balaban J connectivity index is 1.80. The Bertz CT molecular complexity index is 365. The van der Waals surface area contributed by atoms with E-state index in [-0.39, 0.29) is 6.10 Å². The van der Waals surface area contributed by atoms with Gasteiger partial charge in [-0.15, -0.1) is 0 Å². The van der Waals surface area contributed by atoms with Crippen LogP contribution in [0, 0.1) is 5.92 Å². The molecule has 1 N–H and O–H groups in total. The molecule has 3 nitrogen and oxygen atoms in total. The molecule has 0 amide bonds. The van der Waals surface area contributed by atoms with E-state index in [4.69, 9.17) is 0 Å². The Morgan fingerprint density at radius 3 is 2.53 bits per heavy atom. The lowest BCUT2D eigenvalue weighted by atomic mass is 9.92. The highest BCUT2D eigenvalue weighted by atomic mass is 16.3. The van der Waals surface area contributed by atoms with Gasteiger partial charge in [-0.3, -0.25) is 4.68 Å². The van der Waals surface area contributed by atoms with Crippen molar-refractivity contribution < 1.29 is 5.11 Å². The van der Waals surface area contributed by atoms with Gasteiger partial charge in [0, 0.05) is 18.7 Å². The maximum absolute atomic E-state index is 10.2. The van der Waals surface area contributed by atoms with Gasteiger partial charge >= 0.3 is 0 Å². The molecule has 1 aliphatic rings. The summed E-state index contributed by atoms with van der Waals surface area (Å²) in [5.74, 6) is 0.727. The molecule has 108 valence electrons. The molecule has 1 atom stereocenters. The third-order valence-electron chi connectivity index (χ3n) is 4.22. The molecular formula is C16H28N2O. The lowest BCUT2D eigenvalue weighted by molar-refractivity contribution is 0.136. The van der Waals surface area contributed by atoms with Crippen molar-refractivity contribution in [1.82, 2.24) is 9.78 Å². The fourth-order valence-corrected chi connectivity index (χ4v) is 3.08. The summed E-state index contributed by atoms with van der Waals surface area (Å²) in [6.07, 6.45) is 11.5. The minimum absolute atomic E-state index is 0.224. The van der Waals surface area contributed by atoms with Crippen LogP contribution in [-0.4, -0.2) is 21.0 Å². The maximum Gasteiger partial charge on any atom is 0.0650 e. The molecule has 0 aromatic carbocycles. The molecule has 0 aliphatic heterocycles. The molecule has 0 bridgehead atoms. The molecule has 3 heteroatoms. The first-order valence-corrected chi connectivity index (χ1v) is 7.87. The van der Waals surface area contributed by atoms with E-state index in [9.17, 15) is 5.11 Å². The molecule has 1 fully saturated rings. The van der Waals surface area contributed by atoms with Crippen LogP contribution in [0.5, 0.6) is 0 Å². The normalized spacial score (nSPS) is 19.6. The molecule has 1 aliphatic carbocycles. The zero-order valence-corrected chi connectivity index (χ0v) is 12.4. The lowest BCUT2D eigenvalue weighted by Crippen LogP contribution is -2.16. The highest BCUT2D eigenvalue weighted by molar-refractivity contribution is 5.01. The van der Waals surface area contributed by atoms with Crippen molar-refractivity contribution in [2.45, 2.75) is 77.4 Å². The topological polar surface area (TPSA) is 38.0 Å². The van der Waals surface area contributed by atoms with Crippen molar-refractivity contribution in [2.75, 3.05) is 0 Å². The first kappa shape index (κ1) is 14.6. The van der Waals surface area contributed by atoms with Crippen LogP contribution in [-0.2, 0) is 6.42 Å². The summed E-state index contributed by atoms with van der Waals surface area (Å²) in [6, 6.07) is 2.43. The van der Waals surface area contributed by atoms with Crippen molar-refractivity contribution in [3.63, 3.8) is 0 Å². The Morgan fingerprint density at radius 1 is 1.26 bits per heavy atom. The van der Waals surface area contributed by atoms with Crippen LogP contribution in [0.15, 0.2) is 12.3 Å². The minimum atomic E-state index is -0.224. The van der Waals surface area contributed by atoms with Crippen LogP contribution in [0.3, 0.4) is 0 Å². The van der Waals surface area contributed by atoms with Crippen molar-refractivity contribution in [3.05, 3.63) is 18.0 Å². The molecule has 0 saturated heterocycles. The maximum atomic E-state index is 10.2. The van der Waals surface area contributed by atoms with Crippen LogP contribution in [0.4, 0.5) is 0 Å². The minimum Gasteiger partial charge on any atom is -0.393 e. The van der Waals surface area contributed by atoms with E-state index in [0.717, 1.165) is 18.0 Å². The average Bonchev–Trinajstić information content (AvgIpc) is 2.67. The molecule has 1 aromatic heterocycles. The molecule has 0 radical (unpaired) electrons. The fourth-order valence-electron chi connectivity index (χ4n) is 3.08. The fraction of sp³-hybridized carbons (Fsp3) is 0.812. The van der Waals surface area contributed by atoms with Gasteiger partial charge in [-0.2, -0.15) is 5.10 Å². The Labute approximate surface area is 117 Å². The molecule has 0 spiro atoms. The summed E-state index contributed by atoms with van der Waals surface area (Å²) < 4.78 is 1.97. The van der Waals surface area contributed by atoms with Gasteiger partial charge in [0.25, 0.3) is 0 Å². The molecule has 2 rings (SSSR count). The Hall–Kier alpha value is -0.830. The van der Waals surface area contributed by atoms with Crippen LogP contribution in [0.1, 0.15) is 70.5 Å². The molecule has 19 heavy (non-hydrogen) atoms. The lowest BCUT2D eigenvalue weighted by Gasteiger charge is -2.17. The first-order valence-electron chi connectivity index (χ1n) is 7.87. The molecule has 1 heterocycles. The zero-order valence-electron chi connectivity index (χ0n) is 12.4. The summed E-state index contributed by atoms with van der Waals surface area (Å²) in [4.78, 5) is 0. The van der Waals surface area contributed by atoms with Gasteiger partial charge in [0.1, 0.15) is 0 Å². The van der Waals surface area contributed by atoms with E-state index in [1.54, 1.807) is 0 Å². The van der Waals surface area contributed by atoms with Gasteiger partial charge < -0.3 is 5.11 Å². The quantitative estimate of drug-likeness (QED) is 0.823. The second-order valence-corrected chi connectivity index (χ2v) is 6.33. The van der Waals surface area contributed by atoms with E-state index in [1.165, 1.54) is 38.5 Å². The van der Waals surface area contributed by atoms with Gasteiger partial charge in [0.05, 0.1) is 11.8 Å². The van der Waals surface area contributed by atoms with E-state index in [0.29, 0.717) is 12.5 Å². The third-order valence-corrected chi connectivity index (χ3v) is 4.22.